The van der Waals surface area contributed by atoms with Crippen LogP contribution in [0, 0.1) is 0 Å². The molecule has 92 valence electrons. The monoisotopic (exact) mass is 255 g/mol. The van der Waals surface area contributed by atoms with Crippen LogP contribution in [0.4, 0.5) is 0 Å². The second kappa shape index (κ2) is 6.06. The van der Waals surface area contributed by atoms with Gasteiger partial charge < -0.3 is 4.90 Å². The molecule has 0 aliphatic rings. The average Bonchev–Trinajstić information content (AvgIpc) is 2.10. The smallest absolute Gasteiger partial charge is 0.156 e. The molecule has 0 rings (SSSR count). The molecule has 5 heteroatoms. The van der Waals surface area contributed by atoms with E-state index < -0.39 is 14.6 Å². The van der Waals surface area contributed by atoms with Gasteiger partial charge in [-0.25, -0.2) is 8.42 Å². The molecule has 0 aliphatic carbocycles. The van der Waals surface area contributed by atoms with Crippen molar-refractivity contribution >= 4 is 21.4 Å². The topological polar surface area (TPSA) is 37.4 Å². The van der Waals surface area contributed by atoms with E-state index in [0.29, 0.717) is 12.4 Å². The second-order valence-electron chi connectivity index (χ2n) is 4.55. The first-order valence-electron chi connectivity index (χ1n) is 5.25. The normalized spacial score (nSPS) is 13.5. The Hall–Kier alpha value is 0.200. The van der Waals surface area contributed by atoms with Crippen LogP contribution >= 0.6 is 11.6 Å². The number of hydrogen-bond acceptors (Lipinski definition) is 3. The third kappa shape index (κ3) is 5.18. The van der Waals surface area contributed by atoms with Gasteiger partial charge in [-0.3, -0.25) is 0 Å². The van der Waals surface area contributed by atoms with E-state index in [1.165, 1.54) is 0 Å². The van der Waals surface area contributed by atoms with Gasteiger partial charge in [0.25, 0.3) is 0 Å². The van der Waals surface area contributed by atoms with E-state index in [1.54, 1.807) is 20.8 Å². The van der Waals surface area contributed by atoms with Crippen molar-refractivity contribution in [2.24, 2.45) is 0 Å². The summed E-state index contributed by atoms with van der Waals surface area (Å²) in [6, 6.07) is 0. The van der Waals surface area contributed by atoms with Crippen molar-refractivity contribution in [3.05, 3.63) is 0 Å². The third-order valence-corrected chi connectivity index (χ3v) is 5.21. The largest absolute Gasteiger partial charge is 0.301 e. The zero-order valence-electron chi connectivity index (χ0n) is 10.1. The summed E-state index contributed by atoms with van der Waals surface area (Å²) >= 11 is 5.62. The fourth-order valence-corrected chi connectivity index (χ4v) is 2.45. The van der Waals surface area contributed by atoms with Gasteiger partial charge in [0.1, 0.15) is 0 Å². The van der Waals surface area contributed by atoms with Crippen LogP contribution in [-0.4, -0.2) is 49.3 Å². The van der Waals surface area contributed by atoms with Crippen LogP contribution in [0.3, 0.4) is 0 Å². The molecule has 0 saturated carbocycles. The van der Waals surface area contributed by atoms with Gasteiger partial charge in [0.05, 0.1) is 10.5 Å². The van der Waals surface area contributed by atoms with Crippen molar-refractivity contribution in [1.82, 2.24) is 4.90 Å². The summed E-state index contributed by atoms with van der Waals surface area (Å²) < 4.78 is 23.0. The number of halogens is 1. The Morgan fingerprint density at radius 2 is 1.73 bits per heavy atom. The maximum Gasteiger partial charge on any atom is 0.156 e. The highest BCUT2D eigenvalue weighted by atomic mass is 35.5. The van der Waals surface area contributed by atoms with E-state index in [2.05, 4.69) is 4.90 Å². The van der Waals surface area contributed by atoms with Gasteiger partial charge >= 0.3 is 0 Å². The molecule has 0 amide bonds. The fraction of sp³-hybridized carbons (Fsp3) is 1.00. The molecule has 3 nitrogen and oxygen atoms in total. The lowest BCUT2D eigenvalue weighted by atomic mass is 10.3. The van der Waals surface area contributed by atoms with Gasteiger partial charge in [-0.15, -0.1) is 11.6 Å². The van der Waals surface area contributed by atoms with Gasteiger partial charge in [-0.1, -0.05) is 6.92 Å². The maximum absolute atomic E-state index is 11.8. The first kappa shape index (κ1) is 15.2. The van der Waals surface area contributed by atoms with Crippen molar-refractivity contribution < 1.29 is 8.42 Å². The molecule has 0 aromatic carbocycles. The molecule has 0 aromatic rings. The lowest BCUT2D eigenvalue weighted by Crippen LogP contribution is -2.37. The number of sulfone groups is 1. The van der Waals surface area contributed by atoms with E-state index in [-0.39, 0.29) is 5.75 Å². The molecule has 0 fully saturated rings. The van der Waals surface area contributed by atoms with E-state index >= 15 is 0 Å². The number of hydrogen-bond donors (Lipinski definition) is 0. The molecule has 0 atom stereocenters. The summed E-state index contributed by atoms with van der Waals surface area (Å²) in [5.41, 5.74) is 0. The maximum atomic E-state index is 11.8. The predicted molar refractivity (Wildman–Crippen MR) is 66.4 cm³/mol. The van der Waals surface area contributed by atoms with Crippen LogP contribution in [0.25, 0.3) is 0 Å². The molecule has 0 bridgehead atoms. The van der Waals surface area contributed by atoms with Crippen molar-refractivity contribution in [3.63, 3.8) is 0 Å². The molecule has 0 unspecified atom stereocenters. The fourth-order valence-electron chi connectivity index (χ4n) is 1.10. The molecule has 0 saturated heterocycles. The zero-order chi connectivity index (χ0) is 12.1. The lowest BCUT2D eigenvalue weighted by molar-refractivity contribution is 0.323. The number of rotatable bonds is 6. The van der Waals surface area contributed by atoms with E-state index in [9.17, 15) is 8.42 Å². The SMILES string of the molecule is CCN(CCCl)CCS(=O)(=O)C(C)(C)C. The minimum absolute atomic E-state index is 0.210. The minimum Gasteiger partial charge on any atom is -0.301 e. The van der Waals surface area contributed by atoms with E-state index in [0.717, 1.165) is 13.1 Å². The van der Waals surface area contributed by atoms with Crippen LogP contribution < -0.4 is 0 Å². The van der Waals surface area contributed by atoms with Gasteiger partial charge in [0, 0.05) is 19.0 Å². The van der Waals surface area contributed by atoms with Gasteiger partial charge in [-0.2, -0.15) is 0 Å². The summed E-state index contributed by atoms with van der Waals surface area (Å²) in [4.78, 5) is 2.05. The Morgan fingerprint density at radius 3 is 2.07 bits per heavy atom. The lowest BCUT2D eigenvalue weighted by Gasteiger charge is -2.23. The average molecular weight is 256 g/mol. The van der Waals surface area contributed by atoms with Crippen LogP contribution in [0.15, 0.2) is 0 Å². The van der Waals surface area contributed by atoms with Crippen molar-refractivity contribution in [2.75, 3.05) is 31.3 Å². The Labute approximate surface area is 98.7 Å². The highest BCUT2D eigenvalue weighted by Gasteiger charge is 2.28. The predicted octanol–water partition coefficient (Wildman–Crippen LogP) is 1.76. The zero-order valence-corrected chi connectivity index (χ0v) is 11.7. The Bertz CT molecular complexity index is 270. The van der Waals surface area contributed by atoms with Crippen LogP contribution in [0.1, 0.15) is 27.7 Å². The van der Waals surface area contributed by atoms with Crippen LogP contribution in [0.5, 0.6) is 0 Å². The summed E-state index contributed by atoms with van der Waals surface area (Å²) in [7, 11) is -3.01. The van der Waals surface area contributed by atoms with Crippen molar-refractivity contribution in [2.45, 2.75) is 32.4 Å². The van der Waals surface area contributed by atoms with Gasteiger partial charge in [0.15, 0.2) is 9.84 Å². The Balaban J connectivity index is 4.26. The summed E-state index contributed by atoms with van der Waals surface area (Å²) in [5, 5.41) is 0. The van der Waals surface area contributed by atoms with Crippen molar-refractivity contribution in [1.29, 1.82) is 0 Å². The molecular weight excluding hydrogens is 234 g/mol. The molecule has 0 heterocycles. The third-order valence-electron chi connectivity index (χ3n) is 2.46. The minimum atomic E-state index is -3.01. The number of alkyl halides is 1. The highest BCUT2D eigenvalue weighted by molar-refractivity contribution is 7.92. The molecular formula is C10H22ClNO2S. The Kier molecular flexibility index (Phi) is 6.14. The standard InChI is InChI=1S/C10H22ClNO2S/c1-5-12(7-6-11)8-9-15(13,14)10(2,3)4/h5-9H2,1-4H3. The Morgan fingerprint density at radius 1 is 1.20 bits per heavy atom. The van der Waals surface area contributed by atoms with Gasteiger partial charge in [0.2, 0.25) is 0 Å². The van der Waals surface area contributed by atoms with Crippen LogP contribution in [0.2, 0.25) is 0 Å². The van der Waals surface area contributed by atoms with E-state index in [4.69, 9.17) is 11.6 Å². The number of nitrogens with zero attached hydrogens (tertiary/aromatic N) is 1. The van der Waals surface area contributed by atoms with E-state index in [1.807, 2.05) is 6.92 Å². The molecule has 0 aliphatic heterocycles. The summed E-state index contributed by atoms with van der Waals surface area (Å²) in [5.74, 6) is 0.755. The second-order valence-corrected chi connectivity index (χ2v) is 7.79. The summed E-state index contributed by atoms with van der Waals surface area (Å²) in [6.45, 7) is 9.38. The molecule has 0 spiro atoms. The molecule has 0 N–H and O–H groups in total. The summed E-state index contributed by atoms with van der Waals surface area (Å²) in [6.07, 6.45) is 0. The highest BCUT2D eigenvalue weighted by Crippen LogP contribution is 2.15. The first-order chi connectivity index (χ1) is 6.74. The quantitative estimate of drug-likeness (QED) is 0.679. The first-order valence-corrected chi connectivity index (χ1v) is 7.44. The molecule has 15 heavy (non-hydrogen) atoms. The van der Waals surface area contributed by atoms with Gasteiger partial charge in [-0.05, 0) is 27.3 Å². The van der Waals surface area contributed by atoms with Crippen molar-refractivity contribution in [3.8, 4) is 0 Å². The molecule has 0 aromatic heterocycles. The van der Waals surface area contributed by atoms with Crippen LogP contribution in [-0.2, 0) is 9.84 Å². The molecule has 0 radical (unpaired) electrons.